The minimum Gasteiger partial charge on any atom is -0.480 e. The Hall–Kier alpha value is 0.0200. The van der Waals surface area contributed by atoms with Gasteiger partial charge >= 0.3 is 13.6 Å². The number of thiocarbonyl (C=S) groups is 1. The molecule has 0 aliphatic carbocycles. The van der Waals surface area contributed by atoms with Gasteiger partial charge in [0.25, 0.3) is 0 Å². The van der Waals surface area contributed by atoms with E-state index < -0.39 is 19.6 Å². The molecule has 0 amide bonds. The van der Waals surface area contributed by atoms with Gasteiger partial charge in [-0.25, -0.2) is 0 Å². The summed E-state index contributed by atoms with van der Waals surface area (Å²) in [5.74, 6) is -0.241. The molecule has 6 nitrogen and oxygen atoms in total. The van der Waals surface area contributed by atoms with E-state index in [1.54, 1.807) is 25.6 Å². The van der Waals surface area contributed by atoms with Crippen molar-refractivity contribution in [1.29, 1.82) is 0 Å². The fraction of sp³-hybridized carbons (Fsp3) is 0.818. The van der Waals surface area contributed by atoms with Crippen LogP contribution in [0.3, 0.4) is 0 Å². The molecule has 1 atom stereocenters. The molecule has 0 aromatic heterocycles. The van der Waals surface area contributed by atoms with E-state index in [2.05, 4.69) is 5.32 Å². The molecule has 0 rings (SSSR count). The van der Waals surface area contributed by atoms with Gasteiger partial charge in [0.15, 0.2) is 0 Å². The van der Waals surface area contributed by atoms with Crippen molar-refractivity contribution in [3.8, 4) is 0 Å². The molecule has 118 valence electrons. The van der Waals surface area contributed by atoms with Crippen LogP contribution in [-0.4, -0.2) is 53.5 Å². The number of hydrogen-bond acceptors (Lipinski definition) is 7. The molecule has 20 heavy (non-hydrogen) atoms. The number of hydrogen-bond donors (Lipinski definition) is 2. The van der Waals surface area contributed by atoms with Gasteiger partial charge in [-0.2, -0.15) is 11.8 Å². The Morgan fingerprint density at radius 3 is 2.35 bits per heavy atom. The summed E-state index contributed by atoms with van der Waals surface area (Å²) in [5, 5.41) is 11.9. The van der Waals surface area contributed by atoms with Crippen molar-refractivity contribution in [3.05, 3.63) is 0 Å². The van der Waals surface area contributed by atoms with Crippen LogP contribution >= 0.6 is 31.6 Å². The second-order valence-electron chi connectivity index (χ2n) is 3.78. The standard InChI is InChI=1S/C11H22NO5PS2/c1-4-16-18(15,17-5-2)10(19)8-12-9(11(13)14)6-7-20-3/h9,12H,4-8H2,1-3H3,(H,13,14)/t9-/m0/s1. The van der Waals surface area contributed by atoms with Crippen LogP contribution < -0.4 is 5.32 Å². The quantitative estimate of drug-likeness (QED) is 0.413. The van der Waals surface area contributed by atoms with Gasteiger partial charge in [-0.15, -0.1) is 0 Å². The van der Waals surface area contributed by atoms with Crippen molar-refractivity contribution >= 4 is 42.2 Å². The summed E-state index contributed by atoms with van der Waals surface area (Å²) in [7, 11) is -3.45. The topological polar surface area (TPSA) is 84.9 Å². The van der Waals surface area contributed by atoms with Gasteiger partial charge in [-0.1, -0.05) is 12.2 Å². The van der Waals surface area contributed by atoms with Crippen LogP contribution in [-0.2, 0) is 18.4 Å². The van der Waals surface area contributed by atoms with Crippen LogP contribution in [0, 0.1) is 0 Å². The highest BCUT2D eigenvalue weighted by Gasteiger charge is 2.30. The van der Waals surface area contributed by atoms with Gasteiger partial charge < -0.3 is 14.2 Å². The maximum Gasteiger partial charge on any atom is 0.369 e. The van der Waals surface area contributed by atoms with Crippen molar-refractivity contribution in [2.24, 2.45) is 0 Å². The molecule has 0 heterocycles. The largest absolute Gasteiger partial charge is 0.480 e. The van der Waals surface area contributed by atoms with E-state index in [-0.39, 0.29) is 24.4 Å². The predicted molar refractivity (Wildman–Crippen MR) is 85.9 cm³/mol. The number of nitrogens with one attached hydrogen (secondary N) is 1. The van der Waals surface area contributed by atoms with E-state index >= 15 is 0 Å². The molecule has 0 saturated heterocycles. The van der Waals surface area contributed by atoms with E-state index in [9.17, 15) is 9.36 Å². The molecule has 0 bridgehead atoms. The summed E-state index contributed by atoms with van der Waals surface area (Å²) < 4.78 is 22.6. The highest BCUT2D eigenvalue weighted by molar-refractivity contribution is 7.98. The molecule has 0 fully saturated rings. The zero-order chi connectivity index (χ0) is 15.6. The first kappa shape index (κ1) is 20.0. The van der Waals surface area contributed by atoms with Crippen LogP contribution in [0.25, 0.3) is 0 Å². The van der Waals surface area contributed by atoms with Gasteiger partial charge in [0.2, 0.25) is 0 Å². The van der Waals surface area contributed by atoms with E-state index in [0.29, 0.717) is 12.2 Å². The van der Waals surface area contributed by atoms with E-state index in [0.717, 1.165) is 0 Å². The van der Waals surface area contributed by atoms with Crippen molar-refractivity contribution in [2.75, 3.05) is 31.8 Å². The molecule has 0 aliphatic heterocycles. The Labute approximate surface area is 129 Å². The monoisotopic (exact) mass is 343 g/mol. The Bertz CT molecular complexity index is 357. The molecule has 0 unspecified atom stereocenters. The van der Waals surface area contributed by atoms with Crippen LogP contribution in [0.15, 0.2) is 0 Å². The van der Waals surface area contributed by atoms with Gasteiger partial charge in [0, 0.05) is 6.54 Å². The Morgan fingerprint density at radius 2 is 1.95 bits per heavy atom. The third kappa shape index (κ3) is 7.15. The molecule has 2 N–H and O–H groups in total. The average Bonchev–Trinajstić information content (AvgIpc) is 2.38. The Morgan fingerprint density at radius 1 is 1.40 bits per heavy atom. The molecule has 0 aromatic carbocycles. The van der Waals surface area contributed by atoms with Gasteiger partial charge in [0.1, 0.15) is 10.6 Å². The van der Waals surface area contributed by atoms with Crippen LogP contribution in [0.5, 0.6) is 0 Å². The fourth-order valence-electron chi connectivity index (χ4n) is 1.38. The molecule has 0 spiro atoms. The van der Waals surface area contributed by atoms with Crippen molar-refractivity contribution < 1.29 is 23.5 Å². The lowest BCUT2D eigenvalue weighted by Crippen LogP contribution is -2.39. The number of thioether (sulfide) groups is 1. The van der Waals surface area contributed by atoms with Crippen LogP contribution in [0.4, 0.5) is 0 Å². The van der Waals surface area contributed by atoms with E-state index in [1.807, 2.05) is 6.26 Å². The maximum atomic E-state index is 12.3. The van der Waals surface area contributed by atoms with Crippen LogP contribution in [0.1, 0.15) is 20.3 Å². The summed E-state index contributed by atoms with van der Waals surface area (Å²) in [6.07, 6.45) is 2.37. The lowest BCUT2D eigenvalue weighted by molar-refractivity contribution is -0.139. The summed E-state index contributed by atoms with van der Waals surface area (Å²) >= 11 is 6.63. The van der Waals surface area contributed by atoms with Gasteiger partial charge in [-0.05, 0) is 32.3 Å². The Balaban J connectivity index is 4.55. The van der Waals surface area contributed by atoms with Gasteiger partial charge in [-0.3, -0.25) is 14.7 Å². The second-order valence-corrected chi connectivity index (χ2v) is 7.61. The Kier molecular flexibility index (Phi) is 10.7. The zero-order valence-electron chi connectivity index (χ0n) is 12.0. The lowest BCUT2D eigenvalue weighted by atomic mass is 10.2. The van der Waals surface area contributed by atoms with Crippen LogP contribution in [0.2, 0.25) is 0 Å². The SMILES string of the molecule is CCOP(=O)(OCC)C(=S)CN[C@@H](CCSC)C(=O)O. The zero-order valence-corrected chi connectivity index (χ0v) is 14.5. The minimum atomic E-state index is -3.45. The fourth-order valence-corrected chi connectivity index (χ4v) is 3.58. The number of rotatable bonds is 12. The smallest absolute Gasteiger partial charge is 0.369 e. The van der Waals surface area contributed by atoms with E-state index in [4.69, 9.17) is 26.4 Å². The average molecular weight is 343 g/mol. The first-order valence-corrected chi connectivity index (χ1v) is 9.63. The molecule has 9 heteroatoms. The van der Waals surface area contributed by atoms with Crippen molar-refractivity contribution in [2.45, 2.75) is 26.3 Å². The third-order valence-electron chi connectivity index (χ3n) is 2.31. The highest BCUT2D eigenvalue weighted by atomic mass is 32.2. The number of carboxylic acid groups (broad SMARTS) is 1. The van der Waals surface area contributed by atoms with E-state index in [1.165, 1.54) is 0 Å². The highest BCUT2D eigenvalue weighted by Crippen LogP contribution is 2.49. The number of carbonyl (C=O) groups is 1. The third-order valence-corrected chi connectivity index (χ3v) is 5.74. The minimum absolute atomic E-state index is 0.0119. The molecule has 0 saturated carbocycles. The first-order valence-electron chi connectivity index (χ1n) is 6.28. The molecular formula is C11H22NO5PS2. The molecule has 0 aliphatic rings. The normalized spacial score (nSPS) is 13.2. The second kappa shape index (κ2) is 10.7. The summed E-state index contributed by atoms with van der Waals surface area (Å²) in [4.78, 5) is 11.1. The lowest BCUT2D eigenvalue weighted by Gasteiger charge is -2.20. The van der Waals surface area contributed by atoms with Crippen molar-refractivity contribution in [1.82, 2.24) is 5.32 Å². The summed E-state index contributed by atoms with van der Waals surface area (Å²) in [6.45, 7) is 3.83. The number of carboxylic acids is 1. The maximum absolute atomic E-state index is 12.3. The van der Waals surface area contributed by atoms with Crippen molar-refractivity contribution in [3.63, 3.8) is 0 Å². The summed E-state index contributed by atoms with van der Waals surface area (Å²) in [5.41, 5.74) is 0. The summed E-state index contributed by atoms with van der Waals surface area (Å²) in [6, 6.07) is -0.725. The molecular weight excluding hydrogens is 321 g/mol. The number of aliphatic carboxylic acids is 1. The predicted octanol–water partition coefficient (Wildman–Crippen LogP) is 2.38. The van der Waals surface area contributed by atoms with Gasteiger partial charge in [0.05, 0.1) is 13.2 Å². The molecule has 0 aromatic rings. The molecule has 0 radical (unpaired) electrons. The first-order chi connectivity index (χ1) is 9.41.